The Morgan fingerprint density at radius 3 is 2.55 bits per heavy atom. The molecule has 0 aliphatic rings. The molecular weight excluding hydrogens is 493 g/mol. The van der Waals surface area contributed by atoms with Gasteiger partial charge in [0.25, 0.3) is 11.8 Å². The van der Waals surface area contributed by atoms with Crippen molar-refractivity contribution < 1.29 is 23.5 Å². The summed E-state index contributed by atoms with van der Waals surface area (Å²) in [6, 6.07) is 8.25. The van der Waals surface area contributed by atoms with E-state index in [0.29, 0.717) is 34.7 Å². The van der Waals surface area contributed by atoms with Crippen LogP contribution < -0.4 is 20.2 Å². The first-order valence-electron chi connectivity index (χ1n) is 10.8. The molecule has 0 radical (unpaired) electrons. The van der Waals surface area contributed by atoms with Gasteiger partial charge in [0, 0.05) is 0 Å². The Balaban J connectivity index is 2.11. The van der Waals surface area contributed by atoms with Gasteiger partial charge in [-0.05, 0) is 65.0 Å². The van der Waals surface area contributed by atoms with Crippen LogP contribution in [0.4, 0.5) is 4.39 Å². The van der Waals surface area contributed by atoms with Gasteiger partial charge in [0.2, 0.25) is 0 Å². The van der Waals surface area contributed by atoms with Crippen molar-refractivity contribution in [2.45, 2.75) is 40.2 Å². The molecule has 0 saturated heterocycles. The Bertz CT molecular complexity index is 998. The van der Waals surface area contributed by atoms with Crippen molar-refractivity contribution >= 4 is 34.0 Å². The number of benzene rings is 2. The topological polar surface area (TPSA) is 89.0 Å². The van der Waals surface area contributed by atoms with Crippen molar-refractivity contribution in [1.29, 1.82) is 0 Å². The zero-order chi connectivity index (χ0) is 24.4. The first-order valence-corrected chi connectivity index (χ1v) is 11.5. The molecule has 1 unspecified atom stereocenters. The molecule has 0 aliphatic heterocycles. The summed E-state index contributed by atoms with van der Waals surface area (Å²) >= 11 is 3.48. The van der Waals surface area contributed by atoms with E-state index in [2.05, 4.69) is 31.8 Å². The number of carbonyl (C=O) groups excluding carboxylic acids is 2. The predicted octanol–water partition coefficient (Wildman–Crippen LogP) is 4.68. The fourth-order valence-corrected chi connectivity index (χ4v) is 3.48. The lowest BCUT2D eigenvalue weighted by atomic mass is 10.0. The lowest BCUT2D eigenvalue weighted by molar-refractivity contribution is -0.123. The molecule has 1 atom stereocenters. The Morgan fingerprint density at radius 2 is 1.91 bits per heavy atom. The zero-order valence-corrected chi connectivity index (χ0v) is 20.7. The Morgan fingerprint density at radius 1 is 1.18 bits per heavy atom. The molecule has 0 aromatic heterocycles. The maximum atomic E-state index is 13.9. The number of hydrazone groups is 1. The molecule has 2 aromatic carbocycles. The fraction of sp³-hybridized carbons (Fsp3) is 0.375. The van der Waals surface area contributed by atoms with E-state index in [-0.39, 0.29) is 11.5 Å². The minimum Gasteiger partial charge on any atom is -0.490 e. The highest BCUT2D eigenvalue weighted by Gasteiger charge is 2.25. The van der Waals surface area contributed by atoms with Crippen molar-refractivity contribution in [3.05, 3.63) is 57.8 Å². The zero-order valence-electron chi connectivity index (χ0n) is 19.2. The highest BCUT2D eigenvalue weighted by atomic mass is 79.9. The van der Waals surface area contributed by atoms with Crippen LogP contribution in [0.3, 0.4) is 0 Å². The summed E-state index contributed by atoms with van der Waals surface area (Å²) in [4.78, 5) is 25.1. The predicted molar refractivity (Wildman–Crippen MR) is 129 cm³/mol. The average molecular weight is 522 g/mol. The van der Waals surface area contributed by atoms with E-state index in [4.69, 9.17) is 9.47 Å². The summed E-state index contributed by atoms with van der Waals surface area (Å²) < 4.78 is 26.0. The third-order valence-corrected chi connectivity index (χ3v) is 5.11. The second kappa shape index (κ2) is 12.9. The smallest absolute Gasteiger partial charge is 0.262 e. The largest absolute Gasteiger partial charge is 0.490 e. The highest BCUT2D eigenvalue weighted by Crippen LogP contribution is 2.36. The number of ether oxygens (including phenoxy) is 2. The molecule has 0 aliphatic carbocycles. The highest BCUT2D eigenvalue weighted by molar-refractivity contribution is 9.10. The van der Waals surface area contributed by atoms with Crippen LogP contribution in [0.2, 0.25) is 0 Å². The molecule has 0 spiro atoms. The van der Waals surface area contributed by atoms with E-state index < -0.39 is 23.7 Å². The molecule has 0 heterocycles. The van der Waals surface area contributed by atoms with Gasteiger partial charge in [-0.3, -0.25) is 9.59 Å². The number of carbonyl (C=O) groups is 2. The Hall–Kier alpha value is -2.94. The van der Waals surface area contributed by atoms with E-state index >= 15 is 0 Å². The van der Waals surface area contributed by atoms with Crippen LogP contribution in [-0.4, -0.2) is 37.3 Å². The first-order chi connectivity index (χ1) is 15.8. The molecular formula is C24H29BrFN3O4. The molecule has 33 heavy (non-hydrogen) atoms. The molecule has 2 amide bonds. The molecule has 2 rings (SSSR count). The molecule has 0 bridgehead atoms. The second-order valence-electron chi connectivity index (χ2n) is 7.52. The van der Waals surface area contributed by atoms with Crippen LogP contribution in [0.25, 0.3) is 0 Å². The number of hydrogen-bond donors (Lipinski definition) is 2. The van der Waals surface area contributed by atoms with Crippen LogP contribution in [0, 0.1) is 11.7 Å². The van der Waals surface area contributed by atoms with Gasteiger partial charge in [0.1, 0.15) is 11.9 Å². The summed E-state index contributed by atoms with van der Waals surface area (Å²) in [6.07, 6.45) is 2.32. The van der Waals surface area contributed by atoms with E-state index in [9.17, 15) is 14.0 Å². The summed E-state index contributed by atoms with van der Waals surface area (Å²) in [5.74, 6) is -0.916. The lowest BCUT2D eigenvalue weighted by Gasteiger charge is -2.20. The van der Waals surface area contributed by atoms with Crippen LogP contribution in [0.1, 0.15) is 50.0 Å². The number of nitrogens with zero attached hydrogens (tertiary/aromatic N) is 1. The fourth-order valence-electron chi connectivity index (χ4n) is 2.91. The van der Waals surface area contributed by atoms with E-state index in [1.165, 1.54) is 24.4 Å². The number of halogens is 2. The SMILES string of the molecule is CCCOc1c(Br)cc(C=NNC(=O)C(NC(=O)c2ccccc2F)C(C)C)cc1OCC. The monoisotopic (exact) mass is 521 g/mol. The maximum absolute atomic E-state index is 13.9. The van der Waals surface area contributed by atoms with Crippen LogP contribution in [0.5, 0.6) is 11.5 Å². The molecule has 0 fully saturated rings. The molecule has 0 saturated carbocycles. The van der Waals surface area contributed by atoms with E-state index in [1.807, 2.05) is 13.8 Å². The number of rotatable bonds is 11. The second-order valence-corrected chi connectivity index (χ2v) is 8.38. The maximum Gasteiger partial charge on any atom is 0.262 e. The van der Waals surface area contributed by atoms with Crippen LogP contribution >= 0.6 is 15.9 Å². The third kappa shape index (κ3) is 7.56. The van der Waals surface area contributed by atoms with Crippen molar-refractivity contribution in [1.82, 2.24) is 10.7 Å². The summed E-state index contributed by atoms with van der Waals surface area (Å²) in [7, 11) is 0. The van der Waals surface area contributed by atoms with Gasteiger partial charge in [0.15, 0.2) is 11.5 Å². The van der Waals surface area contributed by atoms with E-state index in [1.54, 1.807) is 32.0 Å². The molecule has 9 heteroatoms. The summed E-state index contributed by atoms with van der Waals surface area (Å²) in [5, 5.41) is 6.58. The van der Waals surface area contributed by atoms with Gasteiger partial charge in [-0.15, -0.1) is 0 Å². The molecule has 2 N–H and O–H groups in total. The van der Waals surface area contributed by atoms with Crippen molar-refractivity contribution in [3.63, 3.8) is 0 Å². The molecule has 178 valence electrons. The summed E-state index contributed by atoms with van der Waals surface area (Å²) in [5.41, 5.74) is 2.98. The first kappa shape index (κ1) is 26.3. The quantitative estimate of drug-likeness (QED) is 0.331. The third-order valence-electron chi connectivity index (χ3n) is 4.52. The minimum atomic E-state index is -0.898. The number of hydrogen-bond acceptors (Lipinski definition) is 5. The van der Waals surface area contributed by atoms with Crippen molar-refractivity contribution in [2.75, 3.05) is 13.2 Å². The van der Waals surface area contributed by atoms with Gasteiger partial charge in [-0.2, -0.15) is 5.10 Å². The van der Waals surface area contributed by atoms with Gasteiger partial charge in [-0.1, -0.05) is 32.9 Å². The van der Waals surface area contributed by atoms with Gasteiger partial charge >= 0.3 is 0 Å². The van der Waals surface area contributed by atoms with E-state index in [0.717, 1.165) is 6.42 Å². The van der Waals surface area contributed by atoms with Crippen molar-refractivity contribution in [2.24, 2.45) is 11.0 Å². The van der Waals surface area contributed by atoms with Crippen molar-refractivity contribution in [3.8, 4) is 11.5 Å². The number of amides is 2. The Kier molecular flexibility index (Phi) is 10.3. The van der Waals surface area contributed by atoms with Crippen LogP contribution in [-0.2, 0) is 4.79 Å². The molecule has 2 aromatic rings. The normalized spacial score (nSPS) is 12.0. The summed E-state index contributed by atoms with van der Waals surface area (Å²) in [6.45, 7) is 8.45. The lowest BCUT2D eigenvalue weighted by Crippen LogP contribution is -2.48. The number of nitrogens with one attached hydrogen (secondary N) is 2. The molecule has 7 nitrogen and oxygen atoms in total. The standard InChI is InChI=1S/C24H29BrFN3O4/c1-5-11-33-22-18(25)12-16(13-20(22)32-6-2)14-27-29-24(31)21(15(3)4)28-23(30)17-9-7-8-10-19(17)26/h7-10,12-15,21H,5-6,11H2,1-4H3,(H,28,30)(H,29,31). The minimum absolute atomic E-state index is 0.127. The Labute approximate surface area is 201 Å². The van der Waals surface area contributed by atoms with Gasteiger partial charge < -0.3 is 14.8 Å². The van der Waals surface area contributed by atoms with Crippen LogP contribution in [0.15, 0.2) is 46.0 Å². The van der Waals surface area contributed by atoms with Gasteiger partial charge in [-0.25, -0.2) is 9.82 Å². The average Bonchev–Trinajstić information content (AvgIpc) is 2.77. The van der Waals surface area contributed by atoms with Gasteiger partial charge in [0.05, 0.1) is 29.5 Å².